The maximum Gasteiger partial charge on any atom is 0.357 e. The Morgan fingerprint density at radius 2 is 2.33 bits per heavy atom. The quantitative estimate of drug-likeness (QED) is 0.872. The Hall–Kier alpha value is -1.40. The number of hydrogen-bond acceptors (Lipinski definition) is 6. The fraction of sp³-hybridized carbons (Fsp3) is 0.333. The van der Waals surface area contributed by atoms with Gasteiger partial charge in [0.1, 0.15) is 0 Å². The normalized spacial score (nSPS) is 12.2. The standard InChI is InChI=1S/C12H14N2O2S2/c1-7(9-5-4-6-17-9)13-12-14-10(8(2)18-12)11(15)16-3/h4-7H,1-3H3,(H,13,14). The van der Waals surface area contributed by atoms with E-state index in [9.17, 15) is 4.79 Å². The first-order valence-electron chi connectivity index (χ1n) is 5.47. The van der Waals surface area contributed by atoms with Crippen LogP contribution in [-0.4, -0.2) is 18.1 Å². The van der Waals surface area contributed by atoms with Crippen molar-refractivity contribution >= 4 is 33.8 Å². The average molecular weight is 282 g/mol. The predicted molar refractivity (Wildman–Crippen MR) is 74.5 cm³/mol. The van der Waals surface area contributed by atoms with E-state index in [1.807, 2.05) is 18.4 Å². The van der Waals surface area contributed by atoms with Gasteiger partial charge in [0.2, 0.25) is 0 Å². The monoisotopic (exact) mass is 282 g/mol. The van der Waals surface area contributed by atoms with Crippen molar-refractivity contribution in [3.8, 4) is 0 Å². The number of methoxy groups -OCH3 is 1. The number of nitrogens with one attached hydrogen (secondary N) is 1. The topological polar surface area (TPSA) is 51.2 Å². The lowest BCUT2D eigenvalue weighted by Gasteiger charge is -2.10. The molecular formula is C12H14N2O2S2. The third-order valence-corrected chi connectivity index (χ3v) is 4.44. The van der Waals surface area contributed by atoms with Gasteiger partial charge in [0.05, 0.1) is 13.2 Å². The van der Waals surface area contributed by atoms with Crippen LogP contribution in [0.5, 0.6) is 0 Å². The van der Waals surface area contributed by atoms with Gasteiger partial charge in [-0.05, 0) is 25.3 Å². The molecule has 2 aromatic heterocycles. The van der Waals surface area contributed by atoms with Crippen LogP contribution in [0.2, 0.25) is 0 Å². The van der Waals surface area contributed by atoms with Crippen molar-refractivity contribution in [2.45, 2.75) is 19.9 Å². The van der Waals surface area contributed by atoms with Crippen LogP contribution in [0.1, 0.15) is 33.2 Å². The second-order valence-corrected chi connectivity index (χ2v) is 5.98. The molecule has 0 aliphatic rings. The third kappa shape index (κ3) is 2.70. The number of aromatic nitrogens is 1. The van der Waals surface area contributed by atoms with Gasteiger partial charge in [-0.15, -0.1) is 22.7 Å². The Morgan fingerprint density at radius 3 is 2.94 bits per heavy atom. The Labute approximate surface area is 114 Å². The summed E-state index contributed by atoms with van der Waals surface area (Å²) in [5.41, 5.74) is 0.392. The van der Waals surface area contributed by atoms with E-state index < -0.39 is 0 Å². The van der Waals surface area contributed by atoms with Crippen LogP contribution in [0.25, 0.3) is 0 Å². The maximum atomic E-state index is 11.5. The molecule has 0 bridgehead atoms. The lowest BCUT2D eigenvalue weighted by Crippen LogP contribution is -2.06. The molecule has 0 spiro atoms. The highest BCUT2D eigenvalue weighted by Crippen LogP contribution is 2.28. The van der Waals surface area contributed by atoms with Crippen molar-refractivity contribution in [3.63, 3.8) is 0 Å². The molecule has 0 radical (unpaired) electrons. The van der Waals surface area contributed by atoms with E-state index in [1.54, 1.807) is 11.3 Å². The summed E-state index contributed by atoms with van der Waals surface area (Å²) in [7, 11) is 1.36. The van der Waals surface area contributed by atoms with E-state index in [1.165, 1.54) is 23.3 Å². The smallest absolute Gasteiger partial charge is 0.357 e. The minimum Gasteiger partial charge on any atom is -0.464 e. The van der Waals surface area contributed by atoms with E-state index in [4.69, 9.17) is 0 Å². The highest BCUT2D eigenvalue weighted by Gasteiger charge is 2.17. The molecule has 1 unspecified atom stereocenters. The number of aryl methyl sites for hydroxylation is 1. The summed E-state index contributed by atoms with van der Waals surface area (Å²) in [6.45, 7) is 3.94. The lowest BCUT2D eigenvalue weighted by atomic mass is 10.3. The van der Waals surface area contributed by atoms with Crippen LogP contribution in [0.3, 0.4) is 0 Å². The molecule has 96 valence electrons. The second kappa shape index (κ2) is 5.49. The van der Waals surface area contributed by atoms with E-state index in [0.29, 0.717) is 5.69 Å². The molecule has 0 aliphatic carbocycles. The summed E-state index contributed by atoms with van der Waals surface area (Å²) < 4.78 is 4.69. The van der Waals surface area contributed by atoms with Gasteiger partial charge in [-0.2, -0.15) is 0 Å². The first-order valence-corrected chi connectivity index (χ1v) is 7.17. The van der Waals surface area contributed by atoms with Crippen LogP contribution >= 0.6 is 22.7 Å². The molecular weight excluding hydrogens is 268 g/mol. The summed E-state index contributed by atoms with van der Waals surface area (Å²) in [5.74, 6) is -0.388. The summed E-state index contributed by atoms with van der Waals surface area (Å²) in [6.07, 6.45) is 0. The summed E-state index contributed by atoms with van der Waals surface area (Å²) >= 11 is 3.16. The summed E-state index contributed by atoms with van der Waals surface area (Å²) in [5, 5.41) is 6.08. The number of thiazole rings is 1. The van der Waals surface area contributed by atoms with Crippen LogP contribution in [-0.2, 0) is 4.74 Å². The third-order valence-electron chi connectivity index (χ3n) is 2.49. The SMILES string of the molecule is COC(=O)c1nc(NC(C)c2cccs2)sc1C. The second-order valence-electron chi connectivity index (χ2n) is 3.80. The van der Waals surface area contributed by atoms with Crippen LogP contribution in [0.4, 0.5) is 5.13 Å². The van der Waals surface area contributed by atoms with Crippen LogP contribution in [0, 0.1) is 6.92 Å². The zero-order valence-electron chi connectivity index (χ0n) is 10.4. The van der Waals surface area contributed by atoms with E-state index in [0.717, 1.165) is 10.0 Å². The molecule has 2 heterocycles. The number of nitrogens with zero attached hydrogens (tertiary/aromatic N) is 1. The molecule has 0 amide bonds. The van der Waals surface area contributed by atoms with Crippen molar-refractivity contribution in [1.29, 1.82) is 0 Å². The minimum atomic E-state index is -0.388. The van der Waals surface area contributed by atoms with E-state index in [2.05, 4.69) is 28.0 Å². The number of esters is 1. The molecule has 0 saturated heterocycles. The molecule has 0 fully saturated rings. The maximum absolute atomic E-state index is 11.5. The van der Waals surface area contributed by atoms with Crippen molar-refractivity contribution in [2.75, 3.05) is 12.4 Å². The van der Waals surface area contributed by atoms with Gasteiger partial charge in [-0.3, -0.25) is 0 Å². The molecule has 2 aromatic rings. The zero-order chi connectivity index (χ0) is 13.1. The van der Waals surface area contributed by atoms with Crippen molar-refractivity contribution in [3.05, 3.63) is 33.0 Å². The number of ether oxygens (including phenoxy) is 1. The van der Waals surface area contributed by atoms with Gasteiger partial charge < -0.3 is 10.1 Å². The highest BCUT2D eigenvalue weighted by atomic mass is 32.1. The van der Waals surface area contributed by atoms with E-state index in [-0.39, 0.29) is 12.0 Å². The molecule has 2 rings (SSSR count). The van der Waals surface area contributed by atoms with Crippen LogP contribution in [0.15, 0.2) is 17.5 Å². The fourth-order valence-corrected chi connectivity index (χ4v) is 3.16. The van der Waals surface area contributed by atoms with Crippen LogP contribution < -0.4 is 5.32 Å². The molecule has 0 saturated carbocycles. The fourth-order valence-electron chi connectivity index (χ4n) is 1.54. The Balaban J connectivity index is 2.13. The van der Waals surface area contributed by atoms with Gasteiger partial charge in [-0.25, -0.2) is 9.78 Å². The van der Waals surface area contributed by atoms with E-state index >= 15 is 0 Å². The Bertz CT molecular complexity index is 534. The number of thiophene rings is 1. The Kier molecular flexibility index (Phi) is 3.98. The minimum absolute atomic E-state index is 0.182. The van der Waals surface area contributed by atoms with Crippen molar-refractivity contribution < 1.29 is 9.53 Å². The number of hydrogen-bond donors (Lipinski definition) is 1. The zero-order valence-corrected chi connectivity index (χ0v) is 12.0. The summed E-state index contributed by atoms with van der Waals surface area (Å²) in [6, 6.07) is 4.27. The highest BCUT2D eigenvalue weighted by molar-refractivity contribution is 7.15. The molecule has 0 aromatic carbocycles. The lowest BCUT2D eigenvalue weighted by molar-refractivity contribution is 0.0594. The van der Waals surface area contributed by atoms with Gasteiger partial charge in [-0.1, -0.05) is 6.07 Å². The first kappa shape index (κ1) is 13.0. The molecule has 1 atom stereocenters. The molecule has 6 heteroatoms. The van der Waals surface area contributed by atoms with Crippen molar-refractivity contribution in [2.24, 2.45) is 0 Å². The predicted octanol–water partition coefficient (Wildman–Crippen LogP) is 3.47. The number of rotatable bonds is 4. The molecule has 0 aliphatic heterocycles. The number of carbonyl (C=O) groups excluding carboxylic acids is 1. The molecule has 4 nitrogen and oxygen atoms in total. The Morgan fingerprint density at radius 1 is 1.56 bits per heavy atom. The number of carbonyl (C=O) groups is 1. The molecule has 18 heavy (non-hydrogen) atoms. The van der Waals surface area contributed by atoms with Gasteiger partial charge in [0.15, 0.2) is 10.8 Å². The average Bonchev–Trinajstić information content (AvgIpc) is 2.97. The van der Waals surface area contributed by atoms with Gasteiger partial charge in [0.25, 0.3) is 0 Å². The van der Waals surface area contributed by atoms with Gasteiger partial charge in [0, 0.05) is 9.75 Å². The van der Waals surface area contributed by atoms with Crippen molar-refractivity contribution in [1.82, 2.24) is 4.98 Å². The molecule has 1 N–H and O–H groups in total. The largest absolute Gasteiger partial charge is 0.464 e. The van der Waals surface area contributed by atoms with Gasteiger partial charge >= 0.3 is 5.97 Å². The first-order chi connectivity index (χ1) is 8.61. The summed E-state index contributed by atoms with van der Waals surface area (Å²) in [4.78, 5) is 17.8. The number of anilines is 1.